The number of amides is 1. The smallest absolute Gasteiger partial charge is 0.272 e. The van der Waals surface area contributed by atoms with Gasteiger partial charge in [-0.1, -0.05) is 12.1 Å². The first-order chi connectivity index (χ1) is 13.7. The number of aromatic nitrogens is 3. The van der Waals surface area contributed by atoms with Crippen molar-refractivity contribution in [3.05, 3.63) is 77.7 Å². The third-order valence-corrected chi connectivity index (χ3v) is 4.37. The number of ether oxygens (including phenoxy) is 1. The molecule has 0 radical (unpaired) electrons. The number of carbonyl (C=O) groups excluding carboxylic acids is 1. The number of methoxy groups -OCH3 is 1. The zero-order valence-electron chi connectivity index (χ0n) is 16.0. The van der Waals surface area contributed by atoms with Crippen molar-refractivity contribution in [1.82, 2.24) is 20.5 Å². The molecule has 0 unspecified atom stereocenters. The molecule has 2 aromatic heterocycles. The quantitative estimate of drug-likeness (QED) is 0.650. The van der Waals surface area contributed by atoms with E-state index in [2.05, 4.69) is 20.5 Å². The van der Waals surface area contributed by atoms with Gasteiger partial charge in [0.25, 0.3) is 5.91 Å². The number of likely N-dealkylation sites (N-methyl/N-ethyl adjacent to an activating group) is 1. The van der Waals surface area contributed by atoms with Crippen LogP contribution in [0.15, 0.2) is 60.9 Å². The number of carbonyl (C=O) groups is 1. The molecule has 0 bridgehead atoms. The van der Waals surface area contributed by atoms with Gasteiger partial charge in [-0.25, -0.2) is 0 Å². The van der Waals surface area contributed by atoms with E-state index in [9.17, 15) is 4.79 Å². The zero-order valence-corrected chi connectivity index (χ0v) is 16.0. The van der Waals surface area contributed by atoms with Crippen LogP contribution in [-0.2, 0) is 13.0 Å². The molecule has 3 rings (SSSR count). The van der Waals surface area contributed by atoms with Crippen LogP contribution in [0.3, 0.4) is 0 Å². The fourth-order valence-corrected chi connectivity index (χ4v) is 2.63. The first kappa shape index (κ1) is 19.3. The molecule has 0 atom stereocenters. The number of rotatable bonds is 8. The van der Waals surface area contributed by atoms with Gasteiger partial charge >= 0.3 is 0 Å². The number of nitrogens with one attached hydrogen (secondary N) is 1. The van der Waals surface area contributed by atoms with Crippen LogP contribution >= 0.6 is 0 Å². The molecule has 144 valence electrons. The lowest BCUT2D eigenvalue weighted by Gasteiger charge is -2.17. The van der Waals surface area contributed by atoms with E-state index in [0.29, 0.717) is 12.2 Å². The monoisotopic (exact) mass is 377 g/mol. The fraction of sp³-hybridized carbons (Fsp3) is 0.238. The molecule has 28 heavy (non-hydrogen) atoms. The van der Waals surface area contributed by atoms with Gasteiger partial charge in [-0.2, -0.15) is 0 Å². The largest absolute Gasteiger partial charge is 0.497 e. The molecule has 3 aromatic rings. The third-order valence-electron chi connectivity index (χ3n) is 4.37. The van der Waals surface area contributed by atoms with Crippen LogP contribution in [0.5, 0.6) is 5.75 Å². The first-order valence-corrected chi connectivity index (χ1v) is 9.00. The molecule has 0 spiro atoms. The van der Waals surface area contributed by atoms with E-state index in [1.807, 2.05) is 54.4 Å². The SMILES string of the molecule is COc1ccc(CNC(=O)c2ccc(N(C)CCc3ccncc3)nn2)cc1. The Morgan fingerprint density at radius 1 is 1.00 bits per heavy atom. The highest BCUT2D eigenvalue weighted by Crippen LogP contribution is 2.12. The molecule has 7 nitrogen and oxygen atoms in total. The molecule has 0 saturated heterocycles. The molecule has 1 N–H and O–H groups in total. The van der Waals surface area contributed by atoms with Gasteiger partial charge < -0.3 is 15.0 Å². The lowest BCUT2D eigenvalue weighted by molar-refractivity contribution is 0.0945. The maximum atomic E-state index is 12.3. The summed E-state index contributed by atoms with van der Waals surface area (Å²) in [5, 5.41) is 11.1. The van der Waals surface area contributed by atoms with Crippen molar-refractivity contribution in [1.29, 1.82) is 0 Å². The van der Waals surface area contributed by atoms with Crippen molar-refractivity contribution in [2.24, 2.45) is 0 Å². The average Bonchev–Trinajstić information content (AvgIpc) is 2.77. The summed E-state index contributed by atoms with van der Waals surface area (Å²) < 4.78 is 5.12. The number of benzene rings is 1. The Hall–Kier alpha value is -3.48. The van der Waals surface area contributed by atoms with Crippen LogP contribution in [0.25, 0.3) is 0 Å². The summed E-state index contributed by atoms with van der Waals surface area (Å²) in [6.45, 7) is 1.21. The fourth-order valence-electron chi connectivity index (χ4n) is 2.63. The molecule has 0 aliphatic rings. The lowest BCUT2D eigenvalue weighted by atomic mass is 10.2. The minimum Gasteiger partial charge on any atom is -0.497 e. The highest BCUT2D eigenvalue weighted by Gasteiger charge is 2.10. The maximum absolute atomic E-state index is 12.3. The molecule has 1 aromatic carbocycles. The molecule has 2 heterocycles. The van der Waals surface area contributed by atoms with Crippen molar-refractivity contribution in [2.45, 2.75) is 13.0 Å². The van der Waals surface area contributed by atoms with Gasteiger partial charge in [0, 0.05) is 32.5 Å². The summed E-state index contributed by atoms with van der Waals surface area (Å²) in [6.07, 6.45) is 4.45. The van der Waals surface area contributed by atoms with Gasteiger partial charge in [0.15, 0.2) is 11.5 Å². The summed E-state index contributed by atoms with van der Waals surface area (Å²) in [7, 11) is 3.57. The highest BCUT2D eigenvalue weighted by atomic mass is 16.5. The van der Waals surface area contributed by atoms with Crippen LogP contribution in [0.1, 0.15) is 21.6 Å². The van der Waals surface area contributed by atoms with E-state index in [1.165, 1.54) is 5.56 Å². The van der Waals surface area contributed by atoms with E-state index in [-0.39, 0.29) is 5.91 Å². The molecule has 0 aliphatic heterocycles. The molecule has 7 heteroatoms. The van der Waals surface area contributed by atoms with Crippen LogP contribution in [0.4, 0.5) is 5.82 Å². The number of hydrogen-bond donors (Lipinski definition) is 1. The Morgan fingerprint density at radius 3 is 2.39 bits per heavy atom. The molecular weight excluding hydrogens is 354 g/mol. The van der Waals surface area contributed by atoms with Gasteiger partial charge in [0.1, 0.15) is 5.75 Å². The average molecular weight is 377 g/mol. The van der Waals surface area contributed by atoms with Crippen LogP contribution in [0, 0.1) is 0 Å². The standard InChI is InChI=1S/C21H23N5O2/c1-26(14-11-16-9-12-22-13-10-16)20-8-7-19(24-25-20)21(27)23-15-17-3-5-18(28-2)6-4-17/h3-10,12-13H,11,14-15H2,1-2H3,(H,23,27). The minimum absolute atomic E-state index is 0.255. The summed E-state index contributed by atoms with van der Waals surface area (Å²) in [4.78, 5) is 18.3. The molecule has 1 amide bonds. The van der Waals surface area contributed by atoms with Crippen LogP contribution < -0.4 is 15.0 Å². The Morgan fingerprint density at radius 2 is 1.75 bits per heavy atom. The topological polar surface area (TPSA) is 80.2 Å². The molecule has 0 fully saturated rings. The number of hydrogen-bond acceptors (Lipinski definition) is 6. The van der Waals surface area contributed by atoms with Crippen molar-refractivity contribution in [2.75, 3.05) is 25.6 Å². The van der Waals surface area contributed by atoms with Crippen molar-refractivity contribution in [3.63, 3.8) is 0 Å². The van der Waals surface area contributed by atoms with Crippen LogP contribution in [-0.4, -0.2) is 41.8 Å². The van der Waals surface area contributed by atoms with E-state index < -0.39 is 0 Å². The lowest BCUT2D eigenvalue weighted by Crippen LogP contribution is -2.25. The van der Waals surface area contributed by atoms with Crippen molar-refractivity contribution >= 4 is 11.7 Å². The van der Waals surface area contributed by atoms with Gasteiger partial charge in [0.05, 0.1) is 7.11 Å². The van der Waals surface area contributed by atoms with Crippen molar-refractivity contribution < 1.29 is 9.53 Å². The highest BCUT2D eigenvalue weighted by molar-refractivity contribution is 5.92. The number of pyridine rings is 1. The maximum Gasteiger partial charge on any atom is 0.272 e. The molecule has 0 aliphatic carbocycles. The van der Waals surface area contributed by atoms with E-state index >= 15 is 0 Å². The zero-order chi connectivity index (χ0) is 19.8. The third kappa shape index (κ3) is 5.26. The van der Waals surface area contributed by atoms with E-state index in [0.717, 1.165) is 30.1 Å². The second kappa shape index (κ2) is 9.45. The predicted molar refractivity (Wildman–Crippen MR) is 107 cm³/mol. The van der Waals surface area contributed by atoms with E-state index in [1.54, 1.807) is 25.6 Å². The minimum atomic E-state index is -0.255. The predicted octanol–water partition coefficient (Wildman–Crippen LogP) is 2.49. The van der Waals surface area contributed by atoms with Gasteiger partial charge in [0.2, 0.25) is 0 Å². The Bertz CT molecular complexity index is 883. The Labute approximate surface area is 164 Å². The van der Waals surface area contributed by atoms with Crippen LogP contribution in [0.2, 0.25) is 0 Å². The second-order valence-electron chi connectivity index (χ2n) is 6.33. The first-order valence-electron chi connectivity index (χ1n) is 9.00. The van der Waals surface area contributed by atoms with Gasteiger partial charge in [-0.15, -0.1) is 10.2 Å². The van der Waals surface area contributed by atoms with Gasteiger partial charge in [-0.05, 0) is 53.9 Å². The van der Waals surface area contributed by atoms with Gasteiger partial charge in [-0.3, -0.25) is 9.78 Å². The summed E-state index contributed by atoms with van der Waals surface area (Å²) in [5.41, 5.74) is 2.48. The van der Waals surface area contributed by atoms with Crippen molar-refractivity contribution in [3.8, 4) is 5.75 Å². The second-order valence-corrected chi connectivity index (χ2v) is 6.33. The normalized spacial score (nSPS) is 10.4. The molecular formula is C21H23N5O2. The Balaban J connectivity index is 1.51. The Kier molecular flexibility index (Phi) is 6.51. The summed E-state index contributed by atoms with van der Waals surface area (Å²) in [6, 6.07) is 15.0. The summed E-state index contributed by atoms with van der Waals surface area (Å²) >= 11 is 0. The molecule has 0 saturated carbocycles. The number of anilines is 1. The van der Waals surface area contributed by atoms with E-state index in [4.69, 9.17) is 4.74 Å². The summed E-state index contributed by atoms with van der Waals surface area (Å²) in [5.74, 6) is 1.25. The number of nitrogens with zero attached hydrogens (tertiary/aromatic N) is 4.